The van der Waals surface area contributed by atoms with Gasteiger partial charge in [-0.2, -0.15) is 0 Å². The van der Waals surface area contributed by atoms with Gasteiger partial charge in [0, 0.05) is 0 Å². The number of unbranched alkanes of at least 4 members (excludes halogenated alkanes) is 2. The average molecular weight is 425 g/mol. The van der Waals surface area contributed by atoms with Crippen molar-refractivity contribution in [2.75, 3.05) is 13.7 Å². The molecule has 0 radical (unpaired) electrons. The van der Waals surface area contributed by atoms with Crippen molar-refractivity contribution >= 4 is 19.2 Å². The van der Waals surface area contributed by atoms with Crippen LogP contribution in [-0.2, 0) is 15.6 Å². The molecule has 2 heterocycles. The summed E-state index contributed by atoms with van der Waals surface area (Å²) < 4.78 is 25.3. The van der Waals surface area contributed by atoms with Crippen LogP contribution >= 0.6 is 0 Å². The summed E-state index contributed by atoms with van der Waals surface area (Å²) >= 11 is -3.18. The summed E-state index contributed by atoms with van der Waals surface area (Å²) in [6.45, 7) is 4.77. The van der Waals surface area contributed by atoms with Gasteiger partial charge in [-0.1, -0.05) is 0 Å². The van der Waals surface area contributed by atoms with Gasteiger partial charge in [0.1, 0.15) is 0 Å². The topological polar surface area (TPSA) is 77.4 Å². The van der Waals surface area contributed by atoms with E-state index in [0.29, 0.717) is 6.61 Å². The van der Waals surface area contributed by atoms with Crippen molar-refractivity contribution in [3.8, 4) is 0 Å². The maximum absolute atomic E-state index is 10.4. The van der Waals surface area contributed by atoms with Gasteiger partial charge < -0.3 is 0 Å². The summed E-state index contributed by atoms with van der Waals surface area (Å²) in [5, 5.41) is 20.5. The van der Waals surface area contributed by atoms with Gasteiger partial charge >= 0.3 is 138 Å². The summed E-state index contributed by atoms with van der Waals surface area (Å²) in [6.07, 6.45) is 0.679. The van der Waals surface area contributed by atoms with Gasteiger partial charge in [0.15, 0.2) is 0 Å². The van der Waals surface area contributed by atoms with Gasteiger partial charge in [-0.25, -0.2) is 0 Å². The molecule has 2 aliphatic heterocycles. The van der Waals surface area contributed by atoms with Gasteiger partial charge in [0.05, 0.1) is 0 Å². The van der Waals surface area contributed by atoms with Crippen molar-refractivity contribution in [2.24, 2.45) is 0 Å². The first-order valence-corrected chi connectivity index (χ1v) is 14.8. The zero-order valence-electron chi connectivity index (χ0n) is 13.9. The fourth-order valence-electron chi connectivity index (χ4n) is 3.18. The first kappa shape index (κ1) is 18.9. The SMILES string of the molecule is CCC[CH2][Sn]1([CH2]CCC)[O]C[C@H]2O[C@@H](OC)[C@H](O)[C@@H](O)[C@H]2[O]1. The molecule has 22 heavy (non-hydrogen) atoms. The van der Waals surface area contributed by atoms with Crippen LogP contribution in [0.3, 0.4) is 0 Å². The number of hydrogen-bond donors (Lipinski definition) is 2. The van der Waals surface area contributed by atoms with Crippen LogP contribution in [0.1, 0.15) is 39.5 Å². The van der Waals surface area contributed by atoms with Crippen molar-refractivity contribution in [1.82, 2.24) is 0 Å². The Labute approximate surface area is 138 Å². The van der Waals surface area contributed by atoms with E-state index in [9.17, 15) is 10.2 Å². The molecule has 0 aromatic carbocycles. The Balaban J connectivity index is 2.08. The van der Waals surface area contributed by atoms with Gasteiger partial charge in [-0.05, 0) is 0 Å². The van der Waals surface area contributed by atoms with Crippen LogP contribution in [0.25, 0.3) is 0 Å². The standard InChI is InChI=1S/C7H12O6.2C4H9.Sn/c1-12-7-6(11)5(10)4(9)3(2-8)13-7;2*1-3-4-2;/h3-7,10-11H,2H2,1H3;2*1,3-4H2,2H3;/q-2;;;+2/t3-,4+,5+,6-,7-;;;/m1.../s1. The number of aliphatic hydroxyl groups is 2. The van der Waals surface area contributed by atoms with Crippen molar-refractivity contribution in [3.63, 3.8) is 0 Å². The molecule has 2 saturated heterocycles. The molecule has 2 rings (SSSR count). The van der Waals surface area contributed by atoms with Crippen molar-refractivity contribution in [1.29, 1.82) is 0 Å². The van der Waals surface area contributed by atoms with E-state index in [1.807, 2.05) is 0 Å². The fraction of sp³-hybridized carbons (Fsp3) is 1.00. The number of methoxy groups -OCH3 is 1. The molecule has 0 aromatic rings. The molecule has 0 aliphatic carbocycles. The summed E-state index contributed by atoms with van der Waals surface area (Å²) in [7, 11) is 1.46. The Hall–Kier alpha value is 0.559. The predicted molar refractivity (Wildman–Crippen MR) is 83.7 cm³/mol. The Kier molecular flexibility index (Phi) is 7.38. The zero-order chi connectivity index (χ0) is 16.2. The number of ether oxygens (including phenoxy) is 2. The monoisotopic (exact) mass is 426 g/mol. The summed E-state index contributed by atoms with van der Waals surface area (Å²) in [6, 6.07) is 0. The molecule has 2 N–H and O–H groups in total. The molecule has 0 spiro atoms. The van der Waals surface area contributed by atoms with E-state index >= 15 is 0 Å². The Morgan fingerprint density at radius 2 is 1.73 bits per heavy atom. The summed E-state index contributed by atoms with van der Waals surface area (Å²) in [5.41, 5.74) is 0. The van der Waals surface area contributed by atoms with Crippen molar-refractivity contribution in [2.45, 2.75) is 79.1 Å². The summed E-state index contributed by atoms with van der Waals surface area (Å²) in [4.78, 5) is 0. The Morgan fingerprint density at radius 3 is 2.27 bits per heavy atom. The van der Waals surface area contributed by atoms with E-state index in [1.54, 1.807) is 0 Å². The van der Waals surface area contributed by atoms with Gasteiger partial charge in [-0.15, -0.1) is 0 Å². The second kappa shape index (κ2) is 8.60. The molecule has 0 saturated carbocycles. The van der Waals surface area contributed by atoms with E-state index in [4.69, 9.17) is 15.6 Å². The molecule has 0 unspecified atom stereocenters. The molecule has 7 heteroatoms. The van der Waals surface area contributed by atoms with Crippen LogP contribution in [0.4, 0.5) is 0 Å². The molecule has 0 amide bonds. The molecule has 5 atom stereocenters. The minimum absolute atomic E-state index is 0.364. The Bertz CT molecular complexity index is 332. The molecular weight excluding hydrogens is 395 g/mol. The second-order valence-electron chi connectivity index (χ2n) is 6.27. The van der Waals surface area contributed by atoms with Crippen molar-refractivity contribution in [3.05, 3.63) is 0 Å². The van der Waals surface area contributed by atoms with Crippen LogP contribution in [0.15, 0.2) is 0 Å². The fourth-order valence-corrected chi connectivity index (χ4v) is 14.3. The van der Waals surface area contributed by atoms with E-state index in [2.05, 4.69) is 13.8 Å². The average Bonchev–Trinajstić information content (AvgIpc) is 2.55. The third-order valence-corrected chi connectivity index (χ3v) is 14.9. The third-order valence-electron chi connectivity index (χ3n) is 4.56. The van der Waals surface area contributed by atoms with E-state index in [-0.39, 0.29) is 6.10 Å². The van der Waals surface area contributed by atoms with Crippen LogP contribution in [0, 0.1) is 0 Å². The number of aliphatic hydroxyl groups excluding tert-OH is 2. The van der Waals surface area contributed by atoms with E-state index in [1.165, 1.54) is 7.11 Å². The Morgan fingerprint density at radius 1 is 1.09 bits per heavy atom. The number of rotatable bonds is 7. The van der Waals surface area contributed by atoms with Crippen LogP contribution in [0.2, 0.25) is 8.87 Å². The third kappa shape index (κ3) is 4.15. The molecule has 0 aromatic heterocycles. The summed E-state index contributed by atoms with van der Waals surface area (Å²) in [5.74, 6) is 0. The molecule has 2 aliphatic rings. The second-order valence-corrected chi connectivity index (χ2v) is 15.8. The first-order valence-electron chi connectivity index (χ1n) is 8.43. The van der Waals surface area contributed by atoms with Gasteiger partial charge in [0.2, 0.25) is 0 Å². The molecule has 2 fully saturated rings. The van der Waals surface area contributed by atoms with Crippen LogP contribution < -0.4 is 0 Å². The normalized spacial score (nSPS) is 37.8. The van der Waals surface area contributed by atoms with Crippen LogP contribution in [-0.4, -0.2) is 73.8 Å². The molecule has 6 nitrogen and oxygen atoms in total. The zero-order valence-corrected chi connectivity index (χ0v) is 16.7. The molecule has 130 valence electrons. The van der Waals surface area contributed by atoms with Crippen molar-refractivity contribution < 1.29 is 25.8 Å². The maximum atomic E-state index is 10.4. The first-order chi connectivity index (χ1) is 10.6. The molecule has 0 bridgehead atoms. The van der Waals surface area contributed by atoms with Gasteiger partial charge in [0.25, 0.3) is 0 Å². The predicted octanol–water partition coefficient (Wildman–Crippen LogP) is 1.54. The van der Waals surface area contributed by atoms with Gasteiger partial charge in [-0.3, -0.25) is 0 Å². The number of fused-ring (bicyclic) bond motifs is 1. The van der Waals surface area contributed by atoms with E-state index in [0.717, 1.165) is 34.6 Å². The minimum atomic E-state index is -3.18. The quantitative estimate of drug-likeness (QED) is 0.603. The number of hydrogen-bond acceptors (Lipinski definition) is 6. The molecular formula is C15H30O6Sn. The van der Waals surface area contributed by atoms with E-state index < -0.39 is 43.8 Å². The van der Waals surface area contributed by atoms with Crippen LogP contribution in [0.5, 0.6) is 0 Å².